The fourth-order valence-electron chi connectivity index (χ4n) is 1.83. The number of unbranched alkanes of at least 4 members (excludes halogenated alkanes) is 1. The highest BCUT2D eigenvalue weighted by Gasteiger charge is 2.19. The lowest BCUT2D eigenvalue weighted by atomic mass is 10.1. The molecule has 0 unspecified atom stereocenters. The normalized spacial score (nSPS) is 10.1. The number of nitrogens with one attached hydrogen (secondary N) is 1. The molecule has 0 saturated heterocycles. The number of nitro benzene ring substituents is 1. The molecule has 0 spiro atoms. The zero-order valence-electron chi connectivity index (χ0n) is 13.0. The molecule has 0 radical (unpaired) electrons. The van der Waals surface area contributed by atoms with Crippen molar-refractivity contribution in [1.29, 1.82) is 0 Å². The highest BCUT2D eigenvalue weighted by atomic mass is 16.6. The molecule has 0 bridgehead atoms. The van der Waals surface area contributed by atoms with Crippen molar-refractivity contribution in [2.24, 2.45) is 0 Å². The molecule has 120 valence electrons. The number of carbonyl (C=O) groups excluding carboxylic acids is 2. The number of nitro groups is 1. The molecule has 7 heteroatoms. The second-order valence-corrected chi connectivity index (χ2v) is 4.97. The maximum Gasteiger partial charge on any atom is 0.306 e. The molecule has 0 aliphatic rings. The van der Waals surface area contributed by atoms with Gasteiger partial charge in [0, 0.05) is 12.5 Å². The van der Waals surface area contributed by atoms with E-state index in [1.54, 1.807) is 19.9 Å². The molecule has 0 saturated carbocycles. The lowest BCUT2D eigenvalue weighted by Crippen LogP contribution is -2.22. The van der Waals surface area contributed by atoms with E-state index in [1.807, 2.05) is 6.92 Å². The molecule has 1 amide bonds. The Balaban J connectivity index is 2.74. The van der Waals surface area contributed by atoms with Crippen LogP contribution in [0.1, 0.15) is 37.3 Å². The first-order valence-corrected chi connectivity index (χ1v) is 7.06. The van der Waals surface area contributed by atoms with E-state index in [4.69, 9.17) is 4.74 Å². The Kier molecular flexibility index (Phi) is 6.49. The molecule has 1 N–H and O–H groups in total. The summed E-state index contributed by atoms with van der Waals surface area (Å²) >= 11 is 0. The van der Waals surface area contributed by atoms with Crippen molar-refractivity contribution in [3.63, 3.8) is 0 Å². The number of rotatable bonds is 7. The van der Waals surface area contributed by atoms with Crippen LogP contribution in [0.3, 0.4) is 0 Å². The minimum atomic E-state index is -0.596. The molecule has 1 aromatic rings. The van der Waals surface area contributed by atoms with Gasteiger partial charge in [-0.2, -0.15) is 0 Å². The minimum absolute atomic E-state index is 0.139. The average Bonchev–Trinajstić information content (AvgIpc) is 2.47. The van der Waals surface area contributed by atoms with E-state index in [2.05, 4.69) is 5.32 Å². The van der Waals surface area contributed by atoms with E-state index in [1.165, 1.54) is 6.07 Å². The summed E-state index contributed by atoms with van der Waals surface area (Å²) in [6.45, 7) is 4.97. The molecule has 7 nitrogen and oxygen atoms in total. The van der Waals surface area contributed by atoms with Crippen LogP contribution in [0.4, 0.5) is 11.4 Å². The Bertz CT molecular complexity index is 584. The van der Waals surface area contributed by atoms with Crippen LogP contribution < -0.4 is 5.32 Å². The fourth-order valence-corrected chi connectivity index (χ4v) is 1.83. The number of ether oxygens (including phenoxy) is 1. The molecule has 0 heterocycles. The Morgan fingerprint density at radius 1 is 1.32 bits per heavy atom. The maximum atomic E-state index is 11.8. The third-order valence-corrected chi connectivity index (χ3v) is 3.27. The monoisotopic (exact) mass is 308 g/mol. The molecular weight excluding hydrogens is 288 g/mol. The number of hydrogen-bond donors (Lipinski definition) is 1. The van der Waals surface area contributed by atoms with Crippen LogP contribution in [0.25, 0.3) is 0 Å². The van der Waals surface area contributed by atoms with Gasteiger partial charge in [0.2, 0.25) is 0 Å². The summed E-state index contributed by atoms with van der Waals surface area (Å²) in [4.78, 5) is 33.6. The van der Waals surface area contributed by atoms with Crippen LogP contribution >= 0.6 is 0 Å². The first-order valence-electron chi connectivity index (χ1n) is 7.06. The molecule has 0 fully saturated rings. The Morgan fingerprint density at radius 2 is 2.00 bits per heavy atom. The second kappa shape index (κ2) is 8.11. The van der Waals surface area contributed by atoms with Gasteiger partial charge in [0.05, 0.1) is 4.92 Å². The van der Waals surface area contributed by atoms with Gasteiger partial charge in [-0.05, 0) is 31.4 Å². The van der Waals surface area contributed by atoms with Crippen molar-refractivity contribution in [1.82, 2.24) is 0 Å². The van der Waals surface area contributed by atoms with Gasteiger partial charge in [0.25, 0.3) is 11.6 Å². The highest BCUT2D eigenvalue weighted by Crippen LogP contribution is 2.30. The molecule has 1 rings (SSSR count). The molecule has 0 aliphatic carbocycles. The van der Waals surface area contributed by atoms with Crippen molar-refractivity contribution in [3.05, 3.63) is 33.4 Å². The molecule has 1 aromatic carbocycles. The fraction of sp³-hybridized carbons (Fsp3) is 0.467. The summed E-state index contributed by atoms with van der Waals surface area (Å²) in [6, 6.07) is 2.96. The van der Waals surface area contributed by atoms with Crippen LogP contribution in [0, 0.1) is 24.0 Å². The van der Waals surface area contributed by atoms with Crippen molar-refractivity contribution in [2.45, 2.75) is 40.0 Å². The number of aryl methyl sites for hydroxylation is 1. The van der Waals surface area contributed by atoms with Gasteiger partial charge in [-0.25, -0.2) is 0 Å². The smallest absolute Gasteiger partial charge is 0.306 e. The SMILES string of the molecule is CCCCC(=O)OCC(=O)Nc1c([N+](=O)[O-])ccc(C)c1C. The highest BCUT2D eigenvalue weighted by molar-refractivity contribution is 5.96. The third kappa shape index (κ3) is 4.83. The quantitative estimate of drug-likeness (QED) is 0.474. The van der Waals surface area contributed by atoms with Crippen LogP contribution in [0.15, 0.2) is 12.1 Å². The molecule has 22 heavy (non-hydrogen) atoms. The first-order chi connectivity index (χ1) is 10.4. The number of nitrogens with zero attached hydrogens (tertiary/aromatic N) is 1. The predicted molar refractivity (Wildman–Crippen MR) is 81.7 cm³/mol. The van der Waals surface area contributed by atoms with Crippen LogP contribution in [-0.2, 0) is 14.3 Å². The first kappa shape index (κ1) is 17.6. The Hall–Kier alpha value is -2.44. The number of amides is 1. The summed E-state index contributed by atoms with van der Waals surface area (Å²) < 4.78 is 4.83. The number of hydrogen-bond acceptors (Lipinski definition) is 5. The zero-order chi connectivity index (χ0) is 16.7. The zero-order valence-corrected chi connectivity index (χ0v) is 13.0. The van der Waals surface area contributed by atoms with Crippen molar-refractivity contribution in [2.75, 3.05) is 11.9 Å². The largest absolute Gasteiger partial charge is 0.456 e. The summed E-state index contributed by atoms with van der Waals surface area (Å²) in [5.41, 5.74) is 1.38. The van der Waals surface area contributed by atoms with E-state index >= 15 is 0 Å². The minimum Gasteiger partial charge on any atom is -0.456 e. The second-order valence-electron chi connectivity index (χ2n) is 4.97. The van der Waals surface area contributed by atoms with E-state index in [0.717, 1.165) is 12.0 Å². The topological polar surface area (TPSA) is 98.5 Å². The summed E-state index contributed by atoms with van der Waals surface area (Å²) in [7, 11) is 0. The number of benzene rings is 1. The molecular formula is C15H20N2O5. The summed E-state index contributed by atoms with van der Waals surface area (Å²) in [5, 5.41) is 13.5. The predicted octanol–water partition coefficient (Wildman–Crippen LogP) is 2.88. The Labute approximate surface area is 128 Å². The van der Waals surface area contributed by atoms with Gasteiger partial charge < -0.3 is 10.1 Å². The number of anilines is 1. The summed E-state index contributed by atoms with van der Waals surface area (Å²) in [6.07, 6.45) is 1.81. The van der Waals surface area contributed by atoms with E-state index in [-0.39, 0.29) is 17.8 Å². The van der Waals surface area contributed by atoms with Gasteiger partial charge in [-0.1, -0.05) is 19.4 Å². The van der Waals surface area contributed by atoms with E-state index in [9.17, 15) is 19.7 Å². The number of esters is 1. The molecule has 0 aliphatic heterocycles. The Morgan fingerprint density at radius 3 is 2.59 bits per heavy atom. The van der Waals surface area contributed by atoms with Gasteiger partial charge in [0.1, 0.15) is 5.69 Å². The van der Waals surface area contributed by atoms with Crippen molar-refractivity contribution >= 4 is 23.3 Å². The van der Waals surface area contributed by atoms with Crippen molar-refractivity contribution < 1.29 is 19.2 Å². The van der Waals surface area contributed by atoms with Gasteiger partial charge >= 0.3 is 5.97 Å². The van der Waals surface area contributed by atoms with Crippen LogP contribution in [-0.4, -0.2) is 23.4 Å². The number of carbonyl (C=O) groups is 2. The van der Waals surface area contributed by atoms with Gasteiger partial charge in [-0.3, -0.25) is 19.7 Å². The third-order valence-electron chi connectivity index (χ3n) is 3.27. The van der Waals surface area contributed by atoms with E-state index < -0.39 is 23.4 Å². The molecule has 0 atom stereocenters. The van der Waals surface area contributed by atoms with E-state index in [0.29, 0.717) is 12.0 Å². The van der Waals surface area contributed by atoms with Crippen molar-refractivity contribution in [3.8, 4) is 0 Å². The standard InChI is InChI=1S/C15H20N2O5/c1-4-5-6-14(19)22-9-13(18)16-15-11(3)10(2)7-8-12(15)17(20)21/h7-8H,4-6,9H2,1-3H3,(H,16,18). The molecule has 0 aromatic heterocycles. The maximum absolute atomic E-state index is 11.8. The van der Waals surface area contributed by atoms with Gasteiger partial charge in [-0.15, -0.1) is 0 Å². The lowest BCUT2D eigenvalue weighted by molar-refractivity contribution is -0.384. The lowest BCUT2D eigenvalue weighted by Gasteiger charge is -2.11. The van der Waals surface area contributed by atoms with Gasteiger partial charge in [0.15, 0.2) is 6.61 Å². The van der Waals surface area contributed by atoms with Crippen LogP contribution in [0.5, 0.6) is 0 Å². The average molecular weight is 308 g/mol. The summed E-state index contributed by atoms with van der Waals surface area (Å²) in [5.74, 6) is -1.05. The van der Waals surface area contributed by atoms with Crippen LogP contribution in [0.2, 0.25) is 0 Å².